The van der Waals surface area contributed by atoms with Gasteiger partial charge in [0.1, 0.15) is 11.5 Å². The molecule has 1 saturated heterocycles. The zero-order valence-electron chi connectivity index (χ0n) is 13.1. The van der Waals surface area contributed by atoms with E-state index in [1.165, 1.54) is 6.07 Å². The second-order valence-electron chi connectivity index (χ2n) is 5.78. The molecule has 4 nitrogen and oxygen atoms in total. The summed E-state index contributed by atoms with van der Waals surface area (Å²) in [4.78, 5) is 14.8. The molecule has 1 fully saturated rings. The molecule has 4 rings (SSSR count). The molecule has 0 unspecified atom stereocenters. The van der Waals surface area contributed by atoms with Crippen molar-refractivity contribution in [1.29, 1.82) is 0 Å². The van der Waals surface area contributed by atoms with E-state index >= 15 is 0 Å². The molecule has 3 heterocycles. The number of carbonyl (C=O) groups excluding carboxylic acids is 1. The lowest BCUT2D eigenvalue weighted by atomic mass is 10.2. The van der Waals surface area contributed by atoms with Crippen LogP contribution >= 0.6 is 11.8 Å². The summed E-state index contributed by atoms with van der Waals surface area (Å²) in [5.41, 5.74) is 2.58. The van der Waals surface area contributed by atoms with Crippen molar-refractivity contribution < 1.29 is 13.6 Å². The van der Waals surface area contributed by atoms with Crippen LogP contribution in [0.5, 0.6) is 0 Å². The smallest absolute Gasteiger partial charge is 0.270 e. The van der Waals surface area contributed by atoms with Crippen LogP contribution in [-0.4, -0.2) is 40.0 Å². The first-order chi connectivity index (χ1) is 11.7. The number of fused-ring (bicyclic) bond motifs is 1. The van der Waals surface area contributed by atoms with Crippen LogP contribution in [-0.2, 0) is 6.54 Å². The summed E-state index contributed by atoms with van der Waals surface area (Å²) < 4.78 is 21.4. The molecule has 1 aliphatic rings. The number of halogens is 1. The van der Waals surface area contributed by atoms with Gasteiger partial charge in [-0.05, 0) is 6.07 Å². The van der Waals surface area contributed by atoms with E-state index in [1.807, 2.05) is 27.3 Å². The summed E-state index contributed by atoms with van der Waals surface area (Å²) in [6.45, 7) is 1.80. The van der Waals surface area contributed by atoms with Gasteiger partial charge in [-0.3, -0.25) is 4.79 Å². The molecule has 124 valence electrons. The summed E-state index contributed by atoms with van der Waals surface area (Å²) >= 11 is 1.86. The molecule has 0 bridgehead atoms. The number of benzene rings is 1. The summed E-state index contributed by atoms with van der Waals surface area (Å²) in [7, 11) is 0. The van der Waals surface area contributed by atoms with Gasteiger partial charge in [0.2, 0.25) is 0 Å². The number of carbonyl (C=O) groups is 1. The third kappa shape index (κ3) is 2.71. The molecule has 3 aromatic rings. The van der Waals surface area contributed by atoms with E-state index in [4.69, 9.17) is 4.42 Å². The Labute approximate surface area is 143 Å². The highest BCUT2D eigenvalue weighted by molar-refractivity contribution is 7.99. The highest BCUT2D eigenvalue weighted by Crippen LogP contribution is 2.25. The fourth-order valence-corrected chi connectivity index (χ4v) is 3.95. The van der Waals surface area contributed by atoms with Gasteiger partial charge in [0.05, 0.1) is 18.3 Å². The van der Waals surface area contributed by atoms with Crippen molar-refractivity contribution in [3.05, 3.63) is 59.7 Å². The maximum atomic E-state index is 14.1. The fourth-order valence-electron chi connectivity index (χ4n) is 3.05. The Kier molecular flexibility index (Phi) is 4.06. The average Bonchev–Trinajstić information content (AvgIpc) is 3.19. The number of furan rings is 1. The minimum Gasteiger partial charge on any atom is -0.463 e. The highest BCUT2D eigenvalue weighted by atomic mass is 32.2. The largest absolute Gasteiger partial charge is 0.463 e. The van der Waals surface area contributed by atoms with Crippen LogP contribution in [0.4, 0.5) is 4.39 Å². The number of thioether (sulfide) groups is 1. The predicted octanol–water partition coefficient (Wildman–Crippen LogP) is 3.61. The van der Waals surface area contributed by atoms with Gasteiger partial charge >= 0.3 is 0 Å². The average molecular weight is 344 g/mol. The Balaban J connectivity index is 1.74. The molecule has 0 radical (unpaired) electrons. The van der Waals surface area contributed by atoms with Gasteiger partial charge in [0, 0.05) is 42.3 Å². The van der Waals surface area contributed by atoms with Crippen LogP contribution in [0.1, 0.15) is 16.1 Å². The Morgan fingerprint density at radius 2 is 2.00 bits per heavy atom. The van der Waals surface area contributed by atoms with Crippen LogP contribution in [0.3, 0.4) is 0 Å². The monoisotopic (exact) mass is 344 g/mol. The molecule has 6 heteroatoms. The summed E-state index contributed by atoms with van der Waals surface area (Å²) in [6, 6.07) is 10.2. The Bertz CT molecular complexity index is 880. The minimum atomic E-state index is -0.268. The van der Waals surface area contributed by atoms with E-state index in [0.717, 1.165) is 30.1 Å². The van der Waals surface area contributed by atoms with Crippen molar-refractivity contribution in [2.75, 3.05) is 24.6 Å². The summed E-state index contributed by atoms with van der Waals surface area (Å²) in [5, 5.41) is 0. The lowest BCUT2D eigenvalue weighted by Crippen LogP contribution is -2.38. The van der Waals surface area contributed by atoms with Crippen molar-refractivity contribution >= 4 is 28.8 Å². The molecule has 0 spiro atoms. The standard InChI is InChI=1S/C18H17FN2O2S/c19-14-4-2-1-3-13(14)12-21-15-5-8-23-17(15)11-16(21)18(22)20-6-9-24-10-7-20/h1-5,8,11H,6-7,9-10,12H2. The van der Waals surface area contributed by atoms with Gasteiger partial charge in [-0.2, -0.15) is 11.8 Å². The zero-order chi connectivity index (χ0) is 16.5. The lowest BCUT2D eigenvalue weighted by Gasteiger charge is -2.26. The quantitative estimate of drug-likeness (QED) is 0.728. The maximum absolute atomic E-state index is 14.1. The molecular formula is C18H17FN2O2S. The number of amides is 1. The Morgan fingerprint density at radius 3 is 2.79 bits per heavy atom. The number of nitrogens with zero attached hydrogens (tertiary/aromatic N) is 2. The third-order valence-electron chi connectivity index (χ3n) is 4.33. The molecule has 24 heavy (non-hydrogen) atoms. The van der Waals surface area contributed by atoms with E-state index < -0.39 is 0 Å². The van der Waals surface area contributed by atoms with Gasteiger partial charge in [-0.1, -0.05) is 18.2 Å². The van der Waals surface area contributed by atoms with Gasteiger partial charge in [0.25, 0.3) is 5.91 Å². The van der Waals surface area contributed by atoms with Gasteiger partial charge < -0.3 is 13.9 Å². The van der Waals surface area contributed by atoms with Crippen molar-refractivity contribution in [2.24, 2.45) is 0 Å². The Morgan fingerprint density at radius 1 is 1.21 bits per heavy atom. The van der Waals surface area contributed by atoms with E-state index in [-0.39, 0.29) is 11.7 Å². The number of hydrogen-bond acceptors (Lipinski definition) is 3. The van der Waals surface area contributed by atoms with E-state index in [9.17, 15) is 9.18 Å². The SMILES string of the molecule is O=C(c1cc2occc2n1Cc1ccccc1F)N1CCSCC1. The molecule has 0 N–H and O–H groups in total. The maximum Gasteiger partial charge on any atom is 0.270 e. The van der Waals surface area contributed by atoms with Crippen molar-refractivity contribution in [1.82, 2.24) is 9.47 Å². The van der Waals surface area contributed by atoms with Gasteiger partial charge in [-0.15, -0.1) is 0 Å². The van der Waals surface area contributed by atoms with Crippen molar-refractivity contribution in [3.8, 4) is 0 Å². The van der Waals surface area contributed by atoms with Crippen LogP contribution in [0.25, 0.3) is 11.1 Å². The molecule has 1 aliphatic heterocycles. The van der Waals surface area contributed by atoms with E-state index in [0.29, 0.717) is 23.4 Å². The number of hydrogen-bond donors (Lipinski definition) is 0. The fraction of sp³-hybridized carbons (Fsp3) is 0.278. The van der Waals surface area contributed by atoms with Gasteiger partial charge in [0.15, 0.2) is 5.58 Å². The van der Waals surface area contributed by atoms with Crippen LogP contribution < -0.4 is 0 Å². The number of rotatable bonds is 3. The first-order valence-corrected chi connectivity index (χ1v) is 9.06. The molecule has 2 aromatic heterocycles. The van der Waals surface area contributed by atoms with Crippen LogP contribution in [0.15, 0.2) is 47.1 Å². The second kappa shape index (κ2) is 6.36. The topological polar surface area (TPSA) is 38.4 Å². The molecule has 1 amide bonds. The predicted molar refractivity (Wildman–Crippen MR) is 92.9 cm³/mol. The minimum absolute atomic E-state index is 0.0157. The molecule has 0 saturated carbocycles. The highest BCUT2D eigenvalue weighted by Gasteiger charge is 2.24. The first-order valence-electron chi connectivity index (χ1n) is 7.91. The third-order valence-corrected chi connectivity index (χ3v) is 5.27. The number of aromatic nitrogens is 1. The zero-order valence-corrected chi connectivity index (χ0v) is 13.9. The Hall–Kier alpha value is -2.21. The molecule has 0 aliphatic carbocycles. The molecule has 0 atom stereocenters. The second-order valence-corrected chi connectivity index (χ2v) is 7.01. The normalized spacial score (nSPS) is 15.1. The van der Waals surface area contributed by atoms with E-state index in [2.05, 4.69) is 0 Å². The van der Waals surface area contributed by atoms with Crippen LogP contribution in [0.2, 0.25) is 0 Å². The van der Waals surface area contributed by atoms with Crippen molar-refractivity contribution in [2.45, 2.75) is 6.54 Å². The van der Waals surface area contributed by atoms with Crippen molar-refractivity contribution in [3.63, 3.8) is 0 Å². The van der Waals surface area contributed by atoms with E-state index in [1.54, 1.807) is 30.5 Å². The van der Waals surface area contributed by atoms with Gasteiger partial charge in [-0.25, -0.2) is 4.39 Å². The summed E-state index contributed by atoms with van der Waals surface area (Å²) in [5.74, 6) is 1.62. The van der Waals surface area contributed by atoms with Crippen LogP contribution in [0, 0.1) is 5.82 Å². The molecular weight excluding hydrogens is 327 g/mol. The lowest BCUT2D eigenvalue weighted by molar-refractivity contribution is 0.0762. The first kappa shape index (κ1) is 15.3. The molecule has 1 aromatic carbocycles. The summed E-state index contributed by atoms with van der Waals surface area (Å²) in [6.07, 6.45) is 1.59.